The number of fused-ring (bicyclic) bond motifs is 3. The first-order valence-corrected chi connectivity index (χ1v) is 8.08. The van der Waals surface area contributed by atoms with Gasteiger partial charge in [-0.15, -0.1) is 0 Å². The minimum absolute atomic E-state index is 0.142. The first kappa shape index (κ1) is 13.5. The standard InChI is InChI=1S/C19H16N2O3/c22-19-20-17(12-6-8-15-16(9-12)24-10-23-15)14-7-5-11-3-1-2-4-13(11)18(14)21-19/h1-4,6,8-9,17H,5,7,10H2,(H2,20,21,22)/t17-/m0/s1. The normalized spacial score (nSPS) is 20.8. The molecule has 1 aliphatic carbocycles. The lowest BCUT2D eigenvalue weighted by Crippen LogP contribution is -2.44. The quantitative estimate of drug-likeness (QED) is 0.849. The Morgan fingerprint density at radius 3 is 2.83 bits per heavy atom. The van der Waals surface area contributed by atoms with E-state index >= 15 is 0 Å². The van der Waals surface area contributed by atoms with Gasteiger partial charge >= 0.3 is 6.03 Å². The van der Waals surface area contributed by atoms with E-state index in [1.165, 1.54) is 11.1 Å². The second-order valence-electron chi connectivity index (χ2n) is 6.20. The topological polar surface area (TPSA) is 59.6 Å². The molecule has 2 N–H and O–H groups in total. The van der Waals surface area contributed by atoms with Gasteiger partial charge in [0.15, 0.2) is 11.5 Å². The van der Waals surface area contributed by atoms with Crippen LogP contribution in [0.15, 0.2) is 48.0 Å². The zero-order chi connectivity index (χ0) is 16.1. The maximum Gasteiger partial charge on any atom is 0.319 e. The molecule has 2 amide bonds. The third kappa shape index (κ3) is 1.98. The Hall–Kier alpha value is -2.95. The lowest BCUT2D eigenvalue weighted by Gasteiger charge is -2.34. The van der Waals surface area contributed by atoms with Gasteiger partial charge in [-0.3, -0.25) is 0 Å². The number of carbonyl (C=O) groups is 1. The highest BCUT2D eigenvalue weighted by Gasteiger charge is 2.32. The van der Waals surface area contributed by atoms with E-state index in [4.69, 9.17) is 9.47 Å². The molecule has 24 heavy (non-hydrogen) atoms. The number of aryl methyl sites for hydroxylation is 1. The Bertz CT molecular complexity index is 888. The van der Waals surface area contributed by atoms with Gasteiger partial charge in [-0.25, -0.2) is 4.79 Å². The summed E-state index contributed by atoms with van der Waals surface area (Å²) < 4.78 is 10.9. The monoisotopic (exact) mass is 320 g/mol. The number of hydrogen-bond donors (Lipinski definition) is 2. The number of rotatable bonds is 1. The molecule has 1 atom stereocenters. The van der Waals surface area contributed by atoms with Gasteiger partial charge in [-0.2, -0.15) is 0 Å². The van der Waals surface area contributed by atoms with E-state index in [-0.39, 0.29) is 18.9 Å². The van der Waals surface area contributed by atoms with E-state index in [1.54, 1.807) is 0 Å². The summed E-state index contributed by atoms with van der Waals surface area (Å²) in [5.41, 5.74) is 5.58. The Labute approximate surface area is 139 Å². The largest absolute Gasteiger partial charge is 0.454 e. The second kappa shape index (κ2) is 5.03. The molecule has 120 valence electrons. The summed E-state index contributed by atoms with van der Waals surface area (Å²) in [5.74, 6) is 1.49. The predicted octanol–water partition coefficient (Wildman–Crippen LogP) is 3.13. The van der Waals surface area contributed by atoms with E-state index < -0.39 is 0 Å². The maximum atomic E-state index is 12.2. The molecule has 0 unspecified atom stereocenters. The van der Waals surface area contributed by atoms with Crippen molar-refractivity contribution >= 4 is 11.7 Å². The fourth-order valence-corrected chi connectivity index (χ4v) is 3.73. The Morgan fingerprint density at radius 2 is 1.88 bits per heavy atom. The molecule has 0 bridgehead atoms. The molecule has 5 rings (SSSR count). The third-order valence-corrected chi connectivity index (χ3v) is 4.86. The molecule has 2 aromatic rings. The van der Waals surface area contributed by atoms with E-state index in [1.807, 2.05) is 30.3 Å². The van der Waals surface area contributed by atoms with Crippen molar-refractivity contribution in [2.24, 2.45) is 0 Å². The zero-order valence-corrected chi connectivity index (χ0v) is 13.0. The highest BCUT2D eigenvalue weighted by atomic mass is 16.7. The summed E-state index contributed by atoms with van der Waals surface area (Å²) in [6.07, 6.45) is 1.90. The maximum absolute atomic E-state index is 12.2. The van der Waals surface area contributed by atoms with Crippen LogP contribution in [0.5, 0.6) is 11.5 Å². The highest BCUT2D eigenvalue weighted by Crippen LogP contribution is 2.41. The van der Waals surface area contributed by atoms with Gasteiger partial charge in [-0.05, 0) is 41.7 Å². The highest BCUT2D eigenvalue weighted by molar-refractivity contribution is 5.91. The van der Waals surface area contributed by atoms with Crippen LogP contribution in [-0.2, 0) is 6.42 Å². The van der Waals surface area contributed by atoms with Gasteiger partial charge < -0.3 is 20.1 Å². The van der Waals surface area contributed by atoms with Crippen molar-refractivity contribution in [3.05, 3.63) is 64.7 Å². The summed E-state index contributed by atoms with van der Waals surface area (Å²) >= 11 is 0. The van der Waals surface area contributed by atoms with Crippen molar-refractivity contribution in [3.63, 3.8) is 0 Å². The minimum Gasteiger partial charge on any atom is -0.454 e. The molecule has 0 spiro atoms. The van der Waals surface area contributed by atoms with Gasteiger partial charge in [0.2, 0.25) is 6.79 Å². The van der Waals surface area contributed by atoms with Crippen LogP contribution in [0.4, 0.5) is 4.79 Å². The van der Waals surface area contributed by atoms with Crippen LogP contribution in [0, 0.1) is 0 Å². The van der Waals surface area contributed by atoms with E-state index in [9.17, 15) is 4.79 Å². The van der Waals surface area contributed by atoms with Crippen LogP contribution in [0.25, 0.3) is 5.70 Å². The number of urea groups is 1. The van der Waals surface area contributed by atoms with Crippen LogP contribution in [0.3, 0.4) is 0 Å². The molecule has 0 saturated heterocycles. The molecular weight excluding hydrogens is 304 g/mol. The van der Waals surface area contributed by atoms with Gasteiger partial charge in [-0.1, -0.05) is 30.3 Å². The smallest absolute Gasteiger partial charge is 0.319 e. The molecule has 2 aromatic carbocycles. The minimum atomic E-state index is -0.173. The average Bonchev–Trinajstić information content (AvgIpc) is 3.08. The second-order valence-corrected chi connectivity index (χ2v) is 6.20. The Kier molecular flexibility index (Phi) is 2.82. The number of carbonyl (C=O) groups excluding carboxylic acids is 1. The van der Waals surface area contributed by atoms with Crippen LogP contribution < -0.4 is 20.1 Å². The van der Waals surface area contributed by atoms with Gasteiger partial charge in [0.05, 0.1) is 11.7 Å². The molecule has 0 saturated carbocycles. The summed E-state index contributed by atoms with van der Waals surface area (Å²) in [4.78, 5) is 12.2. The van der Waals surface area contributed by atoms with Crippen LogP contribution in [-0.4, -0.2) is 12.8 Å². The molecule has 5 heteroatoms. The molecule has 2 heterocycles. The fraction of sp³-hybridized carbons (Fsp3) is 0.211. The number of hydrogen-bond acceptors (Lipinski definition) is 3. The van der Waals surface area contributed by atoms with Crippen molar-refractivity contribution in [2.45, 2.75) is 18.9 Å². The average molecular weight is 320 g/mol. The zero-order valence-electron chi connectivity index (χ0n) is 13.0. The first-order chi connectivity index (χ1) is 11.8. The van der Waals surface area contributed by atoms with Crippen molar-refractivity contribution in [1.82, 2.24) is 10.6 Å². The van der Waals surface area contributed by atoms with Crippen molar-refractivity contribution in [1.29, 1.82) is 0 Å². The molecule has 0 aromatic heterocycles. The molecule has 0 fully saturated rings. The lowest BCUT2D eigenvalue weighted by molar-refractivity contribution is 0.174. The number of benzene rings is 2. The summed E-state index contributed by atoms with van der Waals surface area (Å²) in [7, 11) is 0. The summed E-state index contributed by atoms with van der Waals surface area (Å²) in [6.45, 7) is 0.249. The lowest BCUT2D eigenvalue weighted by atomic mass is 9.83. The molecule has 0 radical (unpaired) electrons. The van der Waals surface area contributed by atoms with Gasteiger partial charge in [0.1, 0.15) is 0 Å². The van der Waals surface area contributed by atoms with Crippen molar-refractivity contribution in [3.8, 4) is 11.5 Å². The van der Waals surface area contributed by atoms with Crippen molar-refractivity contribution < 1.29 is 14.3 Å². The number of nitrogens with one attached hydrogen (secondary N) is 2. The van der Waals surface area contributed by atoms with Gasteiger partial charge in [0, 0.05) is 5.56 Å². The fourth-order valence-electron chi connectivity index (χ4n) is 3.73. The molecule has 2 aliphatic heterocycles. The van der Waals surface area contributed by atoms with E-state index in [2.05, 4.69) is 22.8 Å². The SMILES string of the molecule is O=C1NC2=C(CCc3ccccc32)[C@H](c2ccc3c(c2)OCO3)N1. The molecule has 5 nitrogen and oxygen atoms in total. The summed E-state index contributed by atoms with van der Waals surface area (Å²) in [6, 6.07) is 13.8. The molecular formula is C19H16N2O3. The van der Waals surface area contributed by atoms with Gasteiger partial charge in [0.25, 0.3) is 0 Å². The summed E-state index contributed by atoms with van der Waals surface area (Å²) in [5, 5.41) is 6.05. The number of ether oxygens (including phenoxy) is 2. The third-order valence-electron chi connectivity index (χ3n) is 4.86. The van der Waals surface area contributed by atoms with Crippen LogP contribution >= 0.6 is 0 Å². The Morgan fingerprint density at radius 1 is 1.00 bits per heavy atom. The first-order valence-electron chi connectivity index (χ1n) is 8.08. The molecule has 3 aliphatic rings. The predicted molar refractivity (Wildman–Crippen MR) is 88.7 cm³/mol. The Balaban J connectivity index is 1.63. The van der Waals surface area contributed by atoms with Crippen LogP contribution in [0.2, 0.25) is 0 Å². The van der Waals surface area contributed by atoms with Crippen molar-refractivity contribution in [2.75, 3.05) is 6.79 Å². The van der Waals surface area contributed by atoms with Crippen LogP contribution in [0.1, 0.15) is 29.2 Å². The van der Waals surface area contributed by atoms with E-state index in [0.29, 0.717) is 0 Å². The number of amides is 2. The van der Waals surface area contributed by atoms with E-state index in [0.717, 1.165) is 41.2 Å².